The van der Waals surface area contributed by atoms with E-state index in [1.54, 1.807) is 4.90 Å². The van der Waals surface area contributed by atoms with Gasteiger partial charge >= 0.3 is 0 Å². The SMILES string of the molecule is C#CC#CC#CC#CC#CC#CN(C)C.CCCCCCN(C)C.CCCCCCN(CCCCCC)CCCCCC.CCCCN(CC)CC.CCN(C)C.CCN(CC)C1CCCCC1.CCN(CC)CCCN(CC)CC.CN(C)C1CCCCC1.CN(C)CN(C)C.CN(C1CCCCC1)C1CCCCC1.N#CCc1ccccc1.[HH].[HH].[HH].[HH].[HH].[HH].[HH].[HH].[HH].[HH].[HH].[HH]. The Morgan fingerprint density at radius 1 is 0.308 bits per heavy atom. The first-order valence-corrected chi connectivity index (χ1v) is 49.6. The Bertz CT molecular complexity index is 2590. The van der Waals surface area contributed by atoms with Crippen molar-refractivity contribution in [3.63, 3.8) is 0 Å². The molecule has 4 saturated carbocycles. The van der Waals surface area contributed by atoms with E-state index < -0.39 is 0 Å². The first-order valence-electron chi connectivity index (χ1n) is 49.6. The summed E-state index contributed by atoms with van der Waals surface area (Å²) in [5.41, 5.74) is 1.08. The number of unbranched alkanes of at least 4 members (excludes halogenated alkanes) is 13. The maximum atomic E-state index is 8.27. The molecule has 13 heteroatoms. The predicted molar refractivity (Wildman–Crippen MR) is 565 cm³/mol. The monoisotopic (exact) mass is 1700 g/mol. The van der Waals surface area contributed by atoms with Crippen molar-refractivity contribution in [2.45, 2.75) is 378 Å². The average Bonchev–Trinajstić information content (AvgIpc) is 0.877. The Balaban J connectivity index is -0.0000000680. The standard InChI is InChI=1S/C18H39N.C14H7N.C13H25N.C11H26N2.C10H21N.C8H17N.C8H7N.2C8H19N.C5H14N2.C4H11N.12H2/c1-4-7-10-13-16-19(17-14-11-8-5-2)18-15-12-9-6-3;1-4-5-6-7-8-9-10-11-12-13-14-15(2)3;1-14(12-8-4-2-5-9-12)13-10-6-3-7-11-13;1-5-12(6-2)10-9-11-13(7-3)8-4;1-3-11(4-2)10-8-6-5-7-9-10;1-9(2)8-6-4-3-5-7-8;9-7-6-8-4-2-1-3-5-8;1-4-5-6-7-8-9(2)3;1-4-7-8-9(5-2)6-3;1-6(2)5-7(3)4;1-4-5(2)3;;;;;;;;;;;;/h4-18H2,1-3H3;1H,2-3H3;12-13H,2-11H2,1H3;5-11H2,1-4H3;10H,3-9H2,1-2H3;8H,3-7H2,1-2H3;1-5H,6H2;2*4-8H2,1-3H3;5H2,1-4H3;4H2,1-3H3;12*1H. The summed E-state index contributed by atoms with van der Waals surface area (Å²) in [5.74, 6) is 24.5. The summed E-state index contributed by atoms with van der Waals surface area (Å²) >= 11 is 0. The number of nitrogens with zero attached hydrogens (tertiary/aromatic N) is 13. The van der Waals surface area contributed by atoms with E-state index in [1.165, 1.54) is 349 Å². The molecule has 722 valence electrons. The molecule has 120 heavy (non-hydrogen) atoms. The van der Waals surface area contributed by atoms with Gasteiger partial charge in [0.25, 0.3) is 0 Å². The van der Waals surface area contributed by atoms with Gasteiger partial charge in [-0.15, -0.1) is 6.42 Å². The lowest BCUT2D eigenvalue weighted by atomic mass is 9.89. The highest BCUT2D eigenvalue weighted by molar-refractivity contribution is 5.43. The molecule has 1 aromatic carbocycles. The number of hydrogen-bond acceptors (Lipinski definition) is 13. The zero-order valence-electron chi connectivity index (χ0n) is 85.4. The number of benzene rings is 1. The second kappa shape index (κ2) is 102. The Labute approximate surface area is 772 Å². The van der Waals surface area contributed by atoms with Crippen LogP contribution in [0, 0.1) is 83.0 Å². The minimum absolute atomic E-state index is 0. The van der Waals surface area contributed by atoms with Crippen molar-refractivity contribution >= 4 is 0 Å². The Kier molecular flexibility index (Phi) is 107. The molecule has 0 N–H and O–H groups in total. The second-order valence-electron chi connectivity index (χ2n) is 34.5. The van der Waals surface area contributed by atoms with Crippen LogP contribution in [0.3, 0.4) is 0 Å². The van der Waals surface area contributed by atoms with E-state index in [9.17, 15) is 0 Å². The number of nitriles is 1. The first-order chi connectivity index (χ1) is 57.9. The van der Waals surface area contributed by atoms with Gasteiger partial charge in [0.05, 0.1) is 12.5 Å². The molecule has 1 aromatic rings. The molecule has 0 radical (unpaired) electrons. The van der Waals surface area contributed by atoms with Crippen LogP contribution in [-0.2, 0) is 6.42 Å². The van der Waals surface area contributed by atoms with Gasteiger partial charge < -0.3 is 49.0 Å². The fourth-order valence-corrected chi connectivity index (χ4v) is 14.7. The fraction of sp³-hybridized carbons (Fsp3) is 0.822. The highest BCUT2D eigenvalue weighted by Crippen LogP contribution is 2.29. The quantitative estimate of drug-likeness (QED) is 0.0270. The molecule has 4 fully saturated rings. The first kappa shape index (κ1) is 126. The van der Waals surface area contributed by atoms with Crippen molar-refractivity contribution in [3.8, 4) is 77.7 Å². The fourth-order valence-electron chi connectivity index (χ4n) is 14.7. The van der Waals surface area contributed by atoms with Gasteiger partial charge in [0.1, 0.15) is 0 Å². The molecule has 0 bridgehead atoms. The molecule has 0 aromatic heterocycles. The van der Waals surface area contributed by atoms with Crippen LogP contribution in [0.2, 0.25) is 0 Å². The third kappa shape index (κ3) is 95.7. The van der Waals surface area contributed by atoms with Gasteiger partial charge in [-0.25, -0.2) is 0 Å². The van der Waals surface area contributed by atoms with Crippen LogP contribution in [0.25, 0.3) is 0 Å². The van der Waals surface area contributed by atoms with Crippen LogP contribution in [0.15, 0.2) is 30.3 Å². The Hall–Kier alpha value is -4.57. The molecule has 4 aliphatic rings. The highest BCUT2D eigenvalue weighted by atomic mass is 15.2. The number of terminal acetylenes is 1. The zero-order valence-corrected chi connectivity index (χ0v) is 85.4. The van der Waals surface area contributed by atoms with Gasteiger partial charge in [-0.1, -0.05) is 288 Å². The third-order valence-corrected chi connectivity index (χ3v) is 22.6. The van der Waals surface area contributed by atoms with E-state index in [0.717, 1.165) is 42.9 Å². The lowest BCUT2D eigenvalue weighted by Crippen LogP contribution is -2.42. The summed E-state index contributed by atoms with van der Waals surface area (Å²) in [6.07, 6.45) is 60.9. The molecular formula is C107H229N13. The molecule has 0 unspecified atom stereocenters. The van der Waals surface area contributed by atoms with Gasteiger partial charge in [0, 0.05) is 97.7 Å². The predicted octanol–water partition coefficient (Wildman–Crippen LogP) is 26.0. The zero-order chi connectivity index (χ0) is 91.1. The van der Waals surface area contributed by atoms with Crippen molar-refractivity contribution in [2.75, 3.05) is 203 Å². The van der Waals surface area contributed by atoms with Gasteiger partial charge in [-0.3, -0.25) is 9.80 Å². The third-order valence-electron chi connectivity index (χ3n) is 22.6. The van der Waals surface area contributed by atoms with E-state index in [-0.39, 0.29) is 17.1 Å². The van der Waals surface area contributed by atoms with Crippen LogP contribution in [0.4, 0.5) is 0 Å². The lowest BCUT2D eigenvalue weighted by Gasteiger charge is -2.39. The Morgan fingerprint density at radius 3 is 0.883 bits per heavy atom. The number of hydrogen-bond donors (Lipinski definition) is 0. The van der Waals surface area contributed by atoms with Gasteiger partial charge in [-0.05, 0) is 307 Å². The molecule has 0 heterocycles. The largest absolute Gasteiger partial charge is 0.338 e. The van der Waals surface area contributed by atoms with Crippen molar-refractivity contribution in [1.82, 2.24) is 58.8 Å². The summed E-state index contributed by atoms with van der Waals surface area (Å²) in [6, 6.07) is 18.2. The smallest absolute Gasteiger partial charge is 0.0669 e. The minimum atomic E-state index is 0. The van der Waals surface area contributed by atoms with Crippen LogP contribution in [0.5, 0.6) is 0 Å². The van der Waals surface area contributed by atoms with Crippen LogP contribution in [-0.4, -0.2) is 286 Å². The molecule has 0 aliphatic heterocycles. The average molecular weight is 1700 g/mol. The normalized spacial score (nSPS) is 13.7. The molecular weight excluding hydrogens is 1470 g/mol. The van der Waals surface area contributed by atoms with Crippen LogP contribution >= 0.6 is 0 Å². The maximum absolute atomic E-state index is 8.27. The van der Waals surface area contributed by atoms with Gasteiger partial charge in [0.2, 0.25) is 0 Å². The highest BCUT2D eigenvalue weighted by Gasteiger charge is 2.26. The summed E-state index contributed by atoms with van der Waals surface area (Å²) in [5, 5.41) is 8.27. The van der Waals surface area contributed by atoms with Crippen molar-refractivity contribution in [1.29, 1.82) is 5.26 Å². The summed E-state index contributed by atoms with van der Waals surface area (Å²) in [6.45, 7) is 52.3. The molecule has 4 aliphatic carbocycles. The molecule has 0 saturated heterocycles. The summed E-state index contributed by atoms with van der Waals surface area (Å²) in [4.78, 5) is 28.2. The molecule has 0 atom stereocenters. The van der Waals surface area contributed by atoms with Crippen LogP contribution in [0.1, 0.15) is 370 Å². The van der Waals surface area contributed by atoms with Crippen LogP contribution < -0.4 is 0 Å². The molecule has 13 nitrogen and oxygen atoms in total. The van der Waals surface area contributed by atoms with E-state index >= 15 is 0 Å². The van der Waals surface area contributed by atoms with Gasteiger partial charge in [0.15, 0.2) is 0 Å². The lowest BCUT2D eigenvalue weighted by molar-refractivity contribution is 0.111. The topological polar surface area (TPSA) is 62.7 Å². The maximum Gasteiger partial charge on any atom is 0.0669 e. The summed E-state index contributed by atoms with van der Waals surface area (Å²) < 4.78 is 0. The van der Waals surface area contributed by atoms with E-state index in [4.69, 9.17) is 11.7 Å². The van der Waals surface area contributed by atoms with Gasteiger partial charge in [-0.2, -0.15) is 5.26 Å². The molecule has 0 spiro atoms. The van der Waals surface area contributed by atoms with E-state index in [1.807, 2.05) is 44.4 Å². The Morgan fingerprint density at radius 2 is 0.617 bits per heavy atom. The minimum Gasteiger partial charge on any atom is -0.338 e. The molecule has 5 rings (SSSR count). The number of rotatable bonds is 43. The van der Waals surface area contributed by atoms with Crippen molar-refractivity contribution in [2.24, 2.45) is 0 Å². The van der Waals surface area contributed by atoms with Crippen molar-refractivity contribution in [3.05, 3.63) is 35.9 Å². The van der Waals surface area contributed by atoms with E-state index in [2.05, 4.69) is 300 Å². The summed E-state index contributed by atoms with van der Waals surface area (Å²) in [7, 11) is 27.0. The van der Waals surface area contributed by atoms with Crippen molar-refractivity contribution < 1.29 is 17.1 Å². The second-order valence-corrected chi connectivity index (χ2v) is 34.5. The molecule has 0 amide bonds. The van der Waals surface area contributed by atoms with E-state index in [0.29, 0.717) is 6.42 Å².